The quantitative estimate of drug-likeness (QED) is 0.800. The molecule has 1 aliphatic rings. The number of carbonyl (C=O) groups is 2. The number of carboxylic acid groups (broad SMARTS) is 1. The van der Waals surface area contributed by atoms with E-state index in [-0.39, 0.29) is 12.1 Å². The number of likely N-dealkylation sites (tertiary alicyclic amines) is 1. The van der Waals surface area contributed by atoms with E-state index in [2.05, 4.69) is 10.2 Å². The van der Waals surface area contributed by atoms with Gasteiger partial charge in [0.2, 0.25) is 0 Å². The van der Waals surface area contributed by atoms with Crippen LogP contribution in [-0.2, 0) is 4.79 Å². The summed E-state index contributed by atoms with van der Waals surface area (Å²) in [4.78, 5) is 27.6. The number of carboxylic acids is 1. The second-order valence-electron chi connectivity index (χ2n) is 5.69. The van der Waals surface area contributed by atoms with E-state index in [1.54, 1.807) is 25.8 Å². The van der Waals surface area contributed by atoms with Crippen LogP contribution in [0.2, 0.25) is 0 Å². The molecule has 6 nitrogen and oxygen atoms in total. The van der Waals surface area contributed by atoms with Gasteiger partial charge in [0.1, 0.15) is 5.54 Å². The Balaban J connectivity index is 2.71. The van der Waals surface area contributed by atoms with Crippen molar-refractivity contribution < 1.29 is 14.7 Å². The first-order valence-corrected chi connectivity index (χ1v) is 7.33. The Hall–Kier alpha value is -1.30. The summed E-state index contributed by atoms with van der Waals surface area (Å²) in [5.74, 6) is -0.968. The highest BCUT2D eigenvalue weighted by Crippen LogP contribution is 2.18. The number of nitrogens with zero attached hydrogens (tertiary/aromatic N) is 2. The van der Waals surface area contributed by atoms with Crippen molar-refractivity contribution in [3.8, 4) is 0 Å². The minimum atomic E-state index is -1.16. The molecule has 1 atom stereocenters. The Bertz CT molecular complexity index is 356. The number of nitrogens with one attached hydrogen (secondary N) is 1. The highest BCUT2D eigenvalue weighted by Gasteiger charge is 2.38. The van der Waals surface area contributed by atoms with Gasteiger partial charge < -0.3 is 20.2 Å². The SMILES string of the molecule is CCC(CC)(NC(=O)N(C)C1CCCN(C)C1)C(=O)O. The van der Waals surface area contributed by atoms with E-state index in [0.717, 1.165) is 25.9 Å². The molecule has 116 valence electrons. The van der Waals surface area contributed by atoms with Crippen molar-refractivity contribution in [2.24, 2.45) is 0 Å². The Morgan fingerprint density at radius 2 is 2.00 bits per heavy atom. The molecular weight excluding hydrogens is 258 g/mol. The molecule has 1 aliphatic heterocycles. The monoisotopic (exact) mass is 285 g/mol. The smallest absolute Gasteiger partial charge is 0.329 e. The lowest BCUT2D eigenvalue weighted by Gasteiger charge is -2.38. The third-order valence-corrected chi connectivity index (χ3v) is 4.43. The first-order valence-electron chi connectivity index (χ1n) is 7.33. The molecule has 6 heteroatoms. The van der Waals surface area contributed by atoms with Gasteiger partial charge >= 0.3 is 12.0 Å². The molecule has 1 rings (SSSR count). The second kappa shape index (κ2) is 6.92. The lowest BCUT2D eigenvalue weighted by Crippen LogP contribution is -2.59. The van der Waals surface area contributed by atoms with Crippen molar-refractivity contribution >= 4 is 12.0 Å². The number of carbonyl (C=O) groups excluding carboxylic acids is 1. The van der Waals surface area contributed by atoms with Crippen molar-refractivity contribution in [2.75, 3.05) is 27.2 Å². The van der Waals surface area contributed by atoms with Crippen molar-refractivity contribution in [1.29, 1.82) is 0 Å². The first-order chi connectivity index (χ1) is 9.36. The summed E-state index contributed by atoms with van der Waals surface area (Å²) in [5.41, 5.74) is -1.16. The van der Waals surface area contributed by atoms with Gasteiger partial charge in [-0.3, -0.25) is 0 Å². The van der Waals surface area contributed by atoms with Crippen LogP contribution in [0.15, 0.2) is 0 Å². The molecule has 0 aromatic rings. The molecule has 0 spiro atoms. The van der Waals surface area contributed by atoms with Crippen LogP contribution in [-0.4, -0.2) is 65.7 Å². The molecule has 0 bridgehead atoms. The van der Waals surface area contributed by atoms with Crippen LogP contribution >= 0.6 is 0 Å². The van der Waals surface area contributed by atoms with Gasteiger partial charge in [0.25, 0.3) is 0 Å². The van der Waals surface area contributed by atoms with E-state index in [1.807, 2.05) is 7.05 Å². The van der Waals surface area contributed by atoms with Crippen LogP contribution in [0.1, 0.15) is 39.5 Å². The number of aliphatic carboxylic acids is 1. The van der Waals surface area contributed by atoms with Gasteiger partial charge in [-0.2, -0.15) is 0 Å². The van der Waals surface area contributed by atoms with E-state index >= 15 is 0 Å². The topological polar surface area (TPSA) is 72.9 Å². The highest BCUT2D eigenvalue weighted by atomic mass is 16.4. The minimum absolute atomic E-state index is 0.147. The molecule has 0 aromatic heterocycles. The molecular formula is C14H27N3O3. The van der Waals surface area contributed by atoms with Crippen LogP contribution in [0.5, 0.6) is 0 Å². The number of urea groups is 1. The molecule has 2 amide bonds. The first kappa shape index (κ1) is 16.8. The van der Waals surface area contributed by atoms with E-state index in [0.29, 0.717) is 12.8 Å². The number of amides is 2. The van der Waals surface area contributed by atoms with Gasteiger partial charge in [-0.1, -0.05) is 13.8 Å². The number of hydrogen-bond acceptors (Lipinski definition) is 3. The molecule has 0 aliphatic carbocycles. The maximum atomic E-state index is 12.3. The average molecular weight is 285 g/mol. The third-order valence-electron chi connectivity index (χ3n) is 4.43. The molecule has 1 saturated heterocycles. The summed E-state index contributed by atoms with van der Waals surface area (Å²) >= 11 is 0. The highest BCUT2D eigenvalue weighted by molar-refractivity contribution is 5.86. The Kier molecular flexibility index (Phi) is 5.80. The summed E-state index contributed by atoms with van der Waals surface area (Å²) < 4.78 is 0. The van der Waals surface area contributed by atoms with Gasteiger partial charge in [0.15, 0.2) is 0 Å². The number of likely N-dealkylation sites (N-methyl/N-ethyl adjacent to an activating group) is 2. The van der Waals surface area contributed by atoms with Crippen molar-refractivity contribution in [3.63, 3.8) is 0 Å². The van der Waals surface area contributed by atoms with E-state index in [1.165, 1.54) is 0 Å². The van der Waals surface area contributed by atoms with Gasteiger partial charge in [-0.15, -0.1) is 0 Å². The molecule has 2 N–H and O–H groups in total. The van der Waals surface area contributed by atoms with Crippen molar-refractivity contribution in [2.45, 2.75) is 51.1 Å². The van der Waals surface area contributed by atoms with E-state index in [4.69, 9.17) is 0 Å². The van der Waals surface area contributed by atoms with Crippen LogP contribution in [0.4, 0.5) is 4.79 Å². The van der Waals surface area contributed by atoms with Crippen LogP contribution in [0.3, 0.4) is 0 Å². The lowest BCUT2D eigenvalue weighted by molar-refractivity contribution is -0.144. The molecule has 1 unspecified atom stereocenters. The fraction of sp³-hybridized carbons (Fsp3) is 0.857. The summed E-state index contributed by atoms with van der Waals surface area (Å²) in [5, 5.41) is 12.1. The fourth-order valence-corrected chi connectivity index (χ4v) is 2.70. The van der Waals surface area contributed by atoms with Crippen molar-refractivity contribution in [3.05, 3.63) is 0 Å². The standard InChI is InChI=1S/C14H27N3O3/c1-5-14(6-2,12(18)19)15-13(20)17(4)11-8-7-9-16(3)10-11/h11H,5-10H2,1-4H3,(H,15,20)(H,18,19). The normalized spacial score (nSPS) is 20.5. The zero-order chi connectivity index (χ0) is 15.3. The summed E-state index contributed by atoms with van der Waals surface area (Å²) in [6, 6.07) is -0.148. The summed E-state index contributed by atoms with van der Waals surface area (Å²) in [6.07, 6.45) is 2.78. The van der Waals surface area contributed by atoms with Gasteiger partial charge in [-0.05, 0) is 39.3 Å². The van der Waals surface area contributed by atoms with E-state index < -0.39 is 11.5 Å². The van der Waals surface area contributed by atoms with Crippen molar-refractivity contribution in [1.82, 2.24) is 15.1 Å². The zero-order valence-corrected chi connectivity index (χ0v) is 13.0. The zero-order valence-electron chi connectivity index (χ0n) is 13.0. The summed E-state index contributed by atoms with van der Waals surface area (Å²) in [6.45, 7) is 5.45. The number of piperidine rings is 1. The van der Waals surface area contributed by atoms with E-state index in [9.17, 15) is 14.7 Å². The molecule has 1 fully saturated rings. The predicted molar refractivity (Wildman–Crippen MR) is 77.8 cm³/mol. The Morgan fingerprint density at radius 3 is 2.45 bits per heavy atom. The van der Waals surface area contributed by atoms with Gasteiger partial charge in [-0.25, -0.2) is 9.59 Å². The largest absolute Gasteiger partial charge is 0.480 e. The molecule has 20 heavy (non-hydrogen) atoms. The fourth-order valence-electron chi connectivity index (χ4n) is 2.70. The molecule has 0 radical (unpaired) electrons. The molecule has 0 saturated carbocycles. The predicted octanol–water partition coefficient (Wildman–Crippen LogP) is 1.37. The lowest BCUT2D eigenvalue weighted by atomic mass is 9.93. The number of hydrogen-bond donors (Lipinski definition) is 2. The Morgan fingerprint density at radius 1 is 1.40 bits per heavy atom. The van der Waals surface area contributed by atoms with Gasteiger partial charge in [0.05, 0.1) is 0 Å². The van der Waals surface area contributed by atoms with Crippen LogP contribution in [0, 0.1) is 0 Å². The summed E-state index contributed by atoms with van der Waals surface area (Å²) in [7, 11) is 3.79. The third kappa shape index (κ3) is 3.62. The maximum absolute atomic E-state index is 12.3. The van der Waals surface area contributed by atoms with Crippen LogP contribution < -0.4 is 5.32 Å². The number of rotatable bonds is 5. The minimum Gasteiger partial charge on any atom is -0.480 e. The molecule has 0 aromatic carbocycles. The second-order valence-corrected chi connectivity index (χ2v) is 5.69. The van der Waals surface area contributed by atoms with Gasteiger partial charge in [0, 0.05) is 19.6 Å². The molecule has 1 heterocycles. The Labute approximate surface area is 121 Å². The maximum Gasteiger partial charge on any atom is 0.329 e. The average Bonchev–Trinajstić information content (AvgIpc) is 2.43. The van der Waals surface area contributed by atoms with Crippen LogP contribution in [0.25, 0.3) is 0 Å².